The summed E-state index contributed by atoms with van der Waals surface area (Å²) in [4.78, 5) is 12.2. The number of hydrogen-bond acceptors (Lipinski definition) is 5. The number of methoxy groups -OCH3 is 3. The standard InChI is InChI=1S/C21H24O5/c1-23-18-7-4-14(5-8-18)10-16-11-17(13-26-21(16)22)15-6-9-19(24-2)20(12-15)25-3/h4-9,12,16-17H,10-11,13H2,1-3H3/t16?,17-/m1/s1. The Morgan fingerprint density at radius 1 is 0.962 bits per heavy atom. The molecule has 0 amide bonds. The maximum Gasteiger partial charge on any atom is 0.309 e. The van der Waals surface area contributed by atoms with Crippen molar-refractivity contribution >= 4 is 5.97 Å². The summed E-state index contributed by atoms with van der Waals surface area (Å²) in [5.74, 6) is 2.05. The second-order valence-corrected chi connectivity index (χ2v) is 6.43. The molecule has 1 aliphatic heterocycles. The third kappa shape index (κ3) is 3.93. The molecule has 2 aromatic carbocycles. The van der Waals surface area contributed by atoms with Gasteiger partial charge in [-0.15, -0.1) is 0 Å². The van der Waals surface area contributed by atoms with E-state index in [0.29, 0.717) is 24.5 Å². The average molecular weight is 356 g/mol. The van der Waals surface area contributed by atoms with E-state index in [-0.39, 0.29) is 17.8 Å². The van der Waals surface area contributed by atoms with Gasteiger partial charge in [0.2, 0.25) is 0 Å². The van der Waals surface area contributed by atoms with Gasteiger partial charge in [0, 0.05) is 5.92 Å². The zero-order chi connectivity index (χ0) is 18.5. The van der Waals surface area contributed by atoms with Crippen LogP contribution in [0.4, 0.5) is 0 Å². The first kappa shape index (κ1) is 18.1. The van der Waals surface area contributed by atoms with E-state index in [0.717, 1.165) is 23.3 Å². The molecule has 0 aromatic heterocycles. The lowest BCUT2D eigenvalue weighted by Crippen LogP contribution is -2.30. The molecule has 5 nitrogen and oxygen atoms in total. The third-order valence-electron chi connectivity index (χ3n) is 4.85. The number of carbonyl (C=O) groups excluding carboxylic acids is 1. The van der Waals surface area contributed by atoms with Crippen molar-refractivity contribution in [3.8, 4) is 17.2 Å². The molecular formula is C21H24O5. The van der Waals surface area contributed by atoms with Crippen LogP contribution < -0.4 is 14.2 Å². The molecule has 138 valence electrons. The highest BCUT2D eigenvalue weighted by Gasteiger charge is 2.31. The summed E-state index contributed by atoms with van der Waals surface area (Å²) in [6, 6.07) is 13.7. The first-order valence-electron chi connectivity index (χ1n) is 8.66. The van der Waals surface area contributed by atoms with E-state index in [4.69, 9.17) is 18.9 Å². The van der Waals surface area contributed by atoms with E-state index in [1.165, 1.54) is 0 Å². The van der Waals surface area contributed by atoms with Crippen molar-refractivity contribution in [2.45, 2.75) is 18.8 Å². The second-order valence-electron chi connectivity index (χ2n) is 6.43. The molecule has 26 heavy (non-hydrogen) atoms. The lowest BCUT2D eigenvalue weighted by atomic mass is 9.84. The maximum atomic E-state index is 12.2. The number of benzene rings is 2. The van der Waals surface area contributed by atoms with Crippen LogP contribution in [0.15, 0.2) is 42.5 Å². The van der Waals surface area contributed by atoms with Crippen LogP contribution in [-0.2, 0) is 16.0 Å². The maximum absolute atomic E-state index is 12.2. The van der Waals surface area contributed by atoms with Crippen LogP contribution in [0, 0.1) is 5.92 Å². The zero-order valence-electron chi connectivity index (χ0n) is 15.4. The van der Waals surface area contributed by atoms with Gasteiger partial charge in [0.05, 0.1) is 33.9 Å². The molecule has 1 fully saturated rings. The Morgan fingerprint density at radius 2 is 1.69 bits per heavy atom. The summed E-state index contributed by atoms with van der Waals surface area (Å²) in [7, 11) is 4.88. The van der Waals surface area contributed by atoms with Gasteiger partial charge >= 0.3 is 5.97 Å². The molecule has 0 saturated carbocycles. The molecule has 0 aliphatic carbocycles. The first-order chi connectivity index (χ1) is 12.6. The Bertz CT molecular complexity index is 753. The fraction of sp³-hybridized carbons (Fsp3) is 0.381. The van der Waals surface area contributed by atoms with Crippen molar-refractivity contribution in [1.82, 2.24) is 0 Å². The smallest absolute Gasteiger partial charge is 0.309 e. The van der Waals surface area contributed by atoms with Gasteiger partial charge in [-0.1, -0.05) is 18.2 Å². The lowest BCUT2D eigenvalue weighted by Gasteiger charge is -2.29. The molecule has 0 bridgehead atoms. The molecular weight excluding hydrogens is 332 g/mol. The second kappa shape index (κ2) is 8.13. The van der Waals surface area contributed by atoms with Crippen LogP contribution in [0.2, 0.25) is 0 Å². The number of rotatable bonds is 6. The normalized spacial score (nSPS) is 19.6. The summed E-state index contributed by atoms with van der Waals surface area (Å²) < 4.78 is 21.3. The molecule has 0 radical (unpaired) electrons. The summed E-state index contributed by atoms with van der Waals surface area (Å²) in [6.07, 6.45) is 1.41. The predicted octanol–water partition coefficient (Wildman–Crippen LogP) is 3.60. The number of ether oxygens (including phenoxy) is 4. The lowest BCUT2D eigenvalue weighted by molar-refractivity contribution is -0.154. The Hall–Kier alpha value is -2.69. The van der Waals surface area contributed by atoms with Crippen molar-refractivity contribution in [3.05, 3.63) is 53.6 Å². The van der Waals surface area contributed by atoms with Crippen LogP contribution in [0.25, 0.3) is 0 Å². The molecule has 2 aromatic rings. The van der Waals surface area contributed by atoms with E-state index in [9.17, 15) is 4.79 Å². The van der Waals surface area contributed by atoms with Gasteiger partial charge in [-0.25, -0.2) is 0 Å². The fourth-order valence-electron chi connectivity index (χ4n) is 3.36. The third-order valence-corrected chi connectivity index (χ3v) is 4.85. The molecule has 1 aliphatic rings. The Balaban J connectivity index is 1.74. The Morgan fingerprint density at radius 3 is 2.35 bits per heavy atom. The van der Waals surface area contributed by atoms with Crippen LogP contribution in [0.5, 0.6) is 17.2 Å². The van der Waals surface area contributed by atoms with E-state index in [1.807, 2.05) is 42.5 Å². The van der Waals surface area contributed by atoms with E-state index >= 15 is 0 Å². The molecule has 3 rings (SSSR count). The molecule has 5 heteroatoms. The Labute approximate surface area is 153 Å². The van der Waals surface area contributed by atoms with Gasteiger partial charge in [0.1, 0.15) is 5.75 Å². The molecule has 1 heterocycles. The van der Waals surface area contributed by atoms with E-state index < -0.39 is 0 Å². The molecule has 0 spiro atoms. The predicted molar refractivity (Wildman–Crippen MR) is 98.1 cm³/mol. The van der Waals surface area contributed by atoms with Crippen LogP contribution >= 0.6 is 0 Å². The van der Waals surface area contributed by atoms with Crippen LogP contribution in [0.3, 0.4) is 0 Å². The minimum atomic E-state index is -0.157. The largest absolute Gasteiger partial charge is 0.497 e. The monoisotopic (exact) mass is 356 g/mol. The van der Waals surface area contributed by atoms with Gasteiger partial charge in [-0.05, 0) is 48.2 Å². The molecule has 1 saturated heterocycles. The number of hydrogen-bond donors (Lipinski definition) is 0. The number of esters is 1. The van der Waals surface area contributed by atoms with Gasteiger partial charge in [-0.2, -0.15) is 0 Å². The van der Waals surface area contributed by atoms with Crippen LogP contribution in [0.1, 0.15) is 23.5 Å². The highest BCUT2D eigenvalue weighted by atomic mass is 16.5. The topological polar surface area (TPSA) is 54.0 Å². The minimum absolute atomic E-state index is 0.127. The highest BCUT2D eigenvalue weighted by Crippen LogP contribution is 2.36. The van der Waals surface area contributed by atoms with Crippen molar-refractivity contribution in [3.63, 3.8) is 0 Å². The van der Waals surface area contributed by atoms with Gasteiger partial charge in [0.25, 0.3) is 0 Å². The average Bonchev–Trinajstić information content (AvgIpc) is 2.69. The van der Waals surface area contributed by atoms with E-state index in [1.54, 1.807) is 21.3 Å². The quantitative estimate of drug-likeness (QED) is 0.740. The fourth-order valence-corrected chi connectivity index (χ4v) is 3.36. The summed E-state index contributed by atoms with van der Waals surface area (Å²) in [5, 5.41) is 0. The van der Waals surface area contributed by atoms with Crippen molar-refractivity contribution in [1.29, 1.82) is 0 Å². The summed E-state index contributed by atoms with van der Waals surface area (Å²) >= 11 is 0. The number of carbonyl (C=O) groups is 1. The van der Waals surface area contributed by atoms with Gasteiger partial charge in [-0.3, -0.25) is 4.79 Å². The van der Waals surface area contributed by atoms with Crippen molar-refractivity contribution in [2.24, 2.45) is 5.92 Å². The highest BCUT2D eigenvalue weighted by molar-refractivity contribution is 5.74. The van der Waals surface area contributed by atoms with E-state index in [2.05, 4.69) is 0 Å². The molecule has 1 unspecified atom stereocenters. The van der Waals surface area contributed by atoms with Crippen molar-refractivity contribution in [2.75, 3.05) is 27.9 Å². The minimum Gasteiger partial charge on any atom is -0.497 e. The van der Waals surface area contributed by atoms with Crippen LogP contribution in [-0.4, -0.2) is 33.9 Å². The molecule has 0 N–H and O–H groups in total. The summed E-state index contributed by atoms with van der Waals surface area (Å²) in [5.41, 5.74) is 2.19. The summed E-state index contributed by atoms with van der Waals surface area (Å²) in [6.45, 7) is 0.396. The number of cyclic esters (lactones) is 1. The van der Waals surface area contributed by atoms with Crippen molar-refractivity contribution < 1.29 is 23.7 Å². The SMILES string of the molecule is COc1ccc(CC2C[C@@H](c3ccc(OC)c(OC)c3)COC2=O)cc1. The molecule has 2 atom stereocenters. The Kier molecular flexibility index (Phi) is 5.66. The zero-order valence-corrected chi connectivity index (χ0v) is 15.4. The first-order valence-corrected chi connectivity index (χ1v) is 8.66. The van der Waals surface area contributed by atoms with Gasteiger partial charge in [0.15, 0.2) is 11.5 Å². The van der Waals surface area contributed by atoms with Gasteiger partial charge < -0.3 is 18.9 Å².